The van der Waals surface area contributed by atoms with Gasteiger partial charge in [0, 0.05) is 23.4 Å². The third-order valence-electron chi connectivity index (χ3n) is 5.39. The Morgan fingerprint density at radius 3 is 1.95 bits per heavy atom. The van der Waals surface area contributed by atoms with Crippen LogP contribution in [0.3, 0.4) is 0 Å². The van der Waals surface area contributed by atoms with E-state index < -0.39 is 6.16 Å². The number of benzene rings is 3. The van der Waals surface area contributed by atoms with E-state index in [2.05, 4.69) is 10.6 Å². The fourth-order valence-electron chi connectivity index (χ4n) is 3.68. The number of ether oxygens (including phenoxy) is 5. The molecule has 40 heavy (non-hydrogen) atoms. The Morgan fingerprint density at radius 2 is 1.35 bits per heavy atom. The van der Waals surface area contributed by atoms with Gasteiger partial charge in [0.15, 0.2) is 11.5 Å². The molecule has 0 spiro atoms. The first-order chi connectivity index (χ1) is 19.4. The van der Waals surface area contributed by atoms with E-state index in [4.69, 9.17) is 23.7 Å². The Morgan fingerprint density at radius 1 is 0.700 bits per heavy atom. The lowest BCUT2D eigenvalue weighted by Crippen LogP contribution is -2.23. The van der Waals surface area contributed by atoms with Gasteiger partial charge in [0.05, 0.1) is 26.4 Å². The lowest BCUT2D eigenvalue weighted by atomic mass is 10.1. The van der Waals surface area contributed by atoms with Crippen molar-refractivity contribution in [3.63, 3.8) is 0 Å². The van der Waals surface area contributed by atoms with E-state index >= 15 is 0 Å². The number of rotatable bonds is 13. The van der Waals surface area contributed by atoms with Gasteiger partial charge in [0.2, 0.25) is 5.75 Å². The molecule has 2 N–H and O–H groups in total. The van der Waals surface area contributed by atoms with Gasteiger partial charge in [-0.15, -0.1) is 0 Å². The Labute approximate surface area is 233 Å². The summed E-state index contributed by atoms with van der Waals surface area (Å²) in [6.45, 7) is 8.90. The molecule has 2 amide bonds. The molecule has 0 radical (unpaired) electrons. The number of hydrogen-bond donors (Lipinski definition) is 2. The van der Waals surface area contributed by atoms with Crippen LogP contribution < -0.4 is 29.6 Å². The van der Waals surface area contributed by atoms with Crippen molar-refractivity contribution >= 4 is 23.7 Å². The molecule has 0 aliphatic carbocycles. The highest BCUT2D eigenvalue weighted by molar-refractivity contribution is 6.04. The van der Waals surface area contributed by atoms with E-state index in [9.17, 15) is 14.4 Å². The maximum atomic E-state index is 13.0. The van der Waals surface area contributed by atoms with Crippen molar-refractivity contribution in [2.24, 2.45) is 0 Å². The first kappa shape index (κ1) is 29.8. The Balaban J connectivity index is 1.65. The summed E-state index contributed by atoms with van der Waals surface area (Å²) >= 11 is 0. The van der Waals surface area contributed by atoms with Gasteiger partial charge in [0.1, 0.15) is 5.75 Å². The van der Waals surface area contributed by atoms with E-state index in [1.165, 1.54) is 24.3 Å². The van der Waals surface area contributed by atoms with Crippen LogP contribution in [0, 0.1) is 0 Å². The predicted octanol–water partition coefficient (Wildman–Crippen LogP) is 5.60. The van der Waals surface area contributed by atoms with E-state index in [1.54, 1.807) is 37.3 Å². The van der Waals surface area contributed by atoms with Gasteiger partial charge in [-0.3, -0.25) is 9.59 Å². The Hall–Kier alpha value is -4.73. The van der Waals surface area contributed by atoms with Crippen LogP contribution in [-0.4, -0.2) is 44.4 Å². The normalized spacial score (nSPS) is 10.3. The summed E-state index contributed by atoms with van der Waals surface area (Å²) in [7, 11) is 0. The third-order valence-corrected chi connectivity index (χ3v) is 5.39. The quantitative estimate of drug-likeness (QED) is 0.208. The summed E-state index contributed by atoms with van der Waals surface area (Å²) in [4.78, 5) is 37.2. The Bertz CT molecular complexity index is 1280. The molecule has 0 aliphatic rings. The summed E-state index contributed by atoms with van der Waals surface area (Å²) < 4.78 is 26.8. The van der Waals surface area contributed by atoms with Crippen molar-refractivity contribution in [3.05, 3.63) is 77.4 Å². The van der Waals surface area contributed by atoms with Crippen molar-refractivity contribution in [3.8, 4) is 23.0 Å². The zero-order valence-corrected chi connectivity index (χ0v) is 23.1. The molecule has 0 aliphatic heterocycles. The van der Waals surface area contributed by atoms with Crippen molar-refractivity contribution in [1.82, 2.24) is 5.32 Å². The van der Waals surface area contributed by atoms with Gasteiger partial charge in [-0.25, -0.2) is 4.79 Å². The number of anilines is 1. The summed E-state index contributed by atoms with van der Waals surface area (Å²) in [6, 6.07) is 16.5. The second-order valence-corrected chi connectivity index (χ2v) is 8.25. The molecule has 212 valence electrons. The second kappa shape index (κ2) is 15.0. The van der Waals surface area contributed by atoms with Gasteiger partial charge in [-0.05, 0) is 81.8 Å². The van der Waals surface area contributed by atoms with Gasteiger partial charge in [-0.2, -0.15) is 0 Å². The molecule has 0 saturated carbocycles. The molecule has 0 saturated heterocycles. The minimum absolute atomic E-state index is 0.202. The standard InChI is InChI=1S/C30H34N2O8/c1-5-36-25-17-22(18-26(37-6-2)27(25)38-7-3)28(33)31-19-20-10-9-11-23(16-20)32-29(34)21-12-14-24(15-13-21)40-30(35)39-8-4/h9-18H,5-8,19H2,1-4H3,(H,31,33)(H,32,34). The van der Waals surface area contributed by atoms with Crippen molar-refractivity contribution < 1.29 is 38.1 Å². The second-order valence-electron chi connectivity index (χ2n) is 8.25. The summed E-state index contributed by atoms with van der Waals surface area (Å²) in [5.74, 6) is 0.945. The highest BCUT2D eigenvalue weighted by Gasteiger charge is 2.18. The van der Waals surface area contributed by atoms with Crippen LogP contribution in [0.1, 0.15) is 54.0 Å². The fraction of sp³-hybridized carbons (Fsp3) is 0.300. The minimum Gasteiger partial charge on any atom is -0.490 e. The fourth-order valence-corrected chi connectivity index (χ4v) is 3.68. The largest absolute Gasteiger partial charge is 0.513 e. The van der Waals surface area contributed by atoms with E-state index in [1.807, 2.05) is 26.8 Å². The molecule has 10 nitrogen and oxygen atoms in total. The monoisotopic (exact) mass is 550 g/mol. The maximum Gasteiger partial charge on any atom is 0.513 e. The number of amides is 2. The molecular weight excluding hydrogens is 516 g/mol. The van der Waals surface area contributed by atoms with Crippen LogP contribution in [0.25, 0.3) is 0 Å². The molecule has 0 fully saturated rings. The molecule has 10 heteroatoms. The molecule has 0 atom stereocenters. The molecule has 0 bridgehead atoms. The zero-order chi connectivity index (χ0) is 28.9. The molecule has 0 aromatic heterocycles. The molecular formula is C30H34N2O8. The van der Waals surface area contributed by atoms with E-state index in [-0.39, 0.29) is 30.7 Å². The van der Waals surface area contributed by atoms with Gasteiger partial charge < -0.3 is 34.3 Å². The van der Waals surface area contributed by atoms with E-state index in [0.29, 0.717) is 53.9 Å². The first-order valence-corrected chi connectivity index (χ1v) is 13.1. The summed E-state index contributed by atoms with van der Waals surface area (Å²) in [5.41, 5.74) is 2.09. The number of carbonyl (C=O) groups is 3. The summed E-state index contributed by atoms with van der Waals surface area (Å²) in [6.07, 6.45) is -0.810. The third kappa shape index (κ3) is 8.39. The van der Waals surface area contributed by atoms with Crippen molar-refractivity contribution in [1.29, 1.82) is 0 Å². The average molecular weight is 551 g/mol. The van der Waals surface area contributed by atoms with Gasteiger partial charge >= 0.3 is 6.16 Å². The average Bonchev–Trinajstić information content (AvgIpc) is 2.94. The van der Waals surface area contributed by atoms with Crippen LogP contribution in [0.2, 0.25) is 0 Å². The first-order valence-electron chi connectivity index (χ1n) is 13.1. The lowest BCUT2D eigenvalue weighted by Gasteiger charge is -2.17. The molecule has 3 rings (SSSR count). The molecule has 0 heterocycles. The highest BCUT2D eigenvalue weighted by atomic mass is 16.7. The number of hydrogen-bond acceptors (Lipinski definition) is 8. The topological polar surface area (TPSA) is 121 Å². The number of carbonyl (C=O) groups excluding carboxylic acids is 3. The van der Waals surface area contributed by atoms with Crippen LogP contribution in [-0.2, 0) is 11.3 Å². The highest BCUT2D eigenvalue weighted by Crippen LogP contribution is 2.39. The van der Waals surface area contributed by atoms with Gasteiger partial charge in [0.25, 0.3) is 11.8 Å². The molecule has 3 aromatic rings. The Kier molecular flexibility index (Phi) is 11.2. The number of nitrogens with one attached hydrogen (secondary N) is 2. The van der Waals surface area contributed by atoms with Gasteiger partial charge in [-0.1, -0.05) is 12.1 Å². The van der Waals surface area contributed by atoms with Crippen LogP contribution in [0.15, 0.2) is 60.7 Å². The SMILES string of the molecule is CCOC(=O)Oc1ccc(C(=O)Nc2cccc(CNC(=O)c3cc(OCC)c(OCC)c(OCC)c3)c2)cc1. The maximum absolute atomic E-state index is 13.0. The lowest BCUT2D eigenvalue weighted by molar-refractivity contribution is 0.0948. The molecule has 3 aromatic carbocycles. The van der Waals surface area contributed by atoms with Crippen LogP contribution in [0.4, 0.5) is 10.5 Å². The molecule has 0 unspecified atom stereocenters. The van der Waals surface area contributed by atoms with Crippen molar-refractivity contribution in [2.45, 2.75) is 34.2 Å². The smallest absolute Gasteiger partial charge is 0.490 e. The van der Waals surface area contributed by atoms with E-state index in [0.717, 1.165) is 5.56 Å². The predicted molar refractivity (Wildman–Crippen MR) is 150 cm³/mol. The van der Waals surface area contributed by atoms with Crippen LogP contribution >= 0.6 is 0 Å². The summed E-state index contributed by atoms with van der Waals surface area (Å²) in [5, 5.41) is 5.72. The van der Waals surface area contributed by atoms with Crippen molar-refractivity contribution in [2.75, 3.05) is 31.7 Å². The zero-order valence-electron chi connectivity index (χ0n) is 23.1. The minimum atomic E-state index is -0.810. The van der Waals surface area contributed by atoms with Crippen LogP contribution in [0.5, 0.6) is 23.0 Å².